The van der Waals surface area contributed by atoms with Gasteiger partial charge in [-0.15, -0.1) is 11.8 Å². The molecule has 2 unspecified atom stereocenters. The molecule has 0 aliphatic carbocycles. The lowest BCUT2D eigenvalue weighted by Gasteiger charge is -2.25. The van der Waals surface area contributed by atoms with Crippen molar-refractivity contribution in [2.45, 2.75) is 30.8 Å². The Morgan fingerprint density at radius 1 is 1.22 bits per heavy atom. The Balaban J connectivity index is 1.64. The average Bonchev–Trinajstić information content (AvgIpc) is 3.21. The zero-order valence-electron chi connectivity index (χ0n) is 18.1. The van der Waals surface area contributed by atoms with E-state index in [0.29, 0.717) is 5.69 Å². The number of carbonyl (C=O) groups is 3. The number of ether oxygens (including phenoxy) is 1. The summed E-state index contributed by atoms with van der Waals surface area (Å²) in [6.45, 7) is 1.93. The molecule has 0 spiro atoms. The molecule has 7 nitrogen and oxygen atoms in total. The molecular formula is C24H25N3O4S. The van der Waals surface area contributed by atoms with Crippen LogP contribution in [-0.4, -0.2) is 43.2 Å². The molecule has 2 aromatic rings. The van der Waals surface area contributed by atoms with Crippen molar-refractivity contribution in [3.63, 3.8) is 0 Å². The molecule has 1 saturated heterocycles. The standard InChI is InChI=1S/C24H25N3O4S/c1-17(23(29)26(14-6-13-25)19-7-4-3-5-8-19)31-24(30)18-15-22(28)27(16-18)20-9-11-21(32-2)12-10-20/h3-5,7-12,17-18H,6,14-16H2,1-2H3. The Hall–Kier alpha value is -3.31. The summed E-state index contributed by atoms with van der Waals surface area (Å²) < 4.78 is 5.45. The van der Waals surface area contributed by atoms with Crippen molar-refractivity contribution in [3.05, 3.63) is 54.6 Å². The quantitative estimate of drug-likeness (QED) is 0.450. The molecule has 0 aromatic heterocycles. The second-order valence-electron chi connectivity index (χ2n) is 7.42. The molecule has 1 heterocycles. The number of thioether (sulfide) groups is 1. The first-order valence-corrected chi connectivity index (χ1v) is 11.6. The third-order valence-corrected chi connectivity index (χ3v) is 6.01. The predicted octanol–water partition coefficient (Wildman–Crippen LogP) is 3.64. The number of esters is 1. The van der Waals surface area contributed by atoms with Crippen LogP contribution < -0.4 is 9.80 Å². The molecule has 8 heteroatoms. The summed E-state index contributed by atoms with van der Waals surface area (Å²) in [5.41, 5.74) is 1.37. The van der Waals surface area contributed by atoms with Gasteiger partial charge >= 0.3 is 5.97 Å². The number of carbonyl (C=O) groups excluding carboxylic acids is 3. The van der Waals surface area contributed by atoms with Gasteiger partial charge in [-0.25, -0.2) is 0 Å². The molecule has 1 fully saturated rings. The number of nitriles is 1. The fourth-order valence-electron chi connectivity index (χ4n) is 3.55. The van der Waals surface area contributed by atoms with E-state index in [-0.39, 0.29) is 31.8 Å². The van der Waals surface area contributed by atoms with E-state index in [4.69, 9.17) is 10.00 Å². The summed E-state index contributed by atoms with van der Waals surface area (Å²) >= 11 is 1.61. The highest BCUT2D eigenvalue weighted by molar-refractivity contribution is 7.98. The van der Waals surface area contributed by atoms with Crippen LogP contribution in [0.1, 0.15) is 19.8 Å². The van der Waals surface area contributed by atoms with Gasteiger partial charge in [-0.05, 0) is 49.6 Å². The van der Waals surface area contributed by atoms with Gasteiger partial charge in [0.25, 0.3) is 5.91 Å². The maximum Gasteiger partial charge on any atom is 0.312 e. The highest BCUT2D eigenvalue weighted by atomic mass is 32.2. The molecular weight excluding hydrogens is 426 g/mol. The van der Waals surface area contributed by atoms with Gasteiger partial charge in [-0.3, -0.25) is 14.4 Å². The van der Waals surface area contributed by atoms with E-state index in [1.54, 1.807) is 40.9 Å². The summed E-state index contributed by atoms with van der Waals surface area (Å²) in [6, 6.07) is 18.6. The molecule has 2 aromatic carbocycles. The third-order valence-electron chi connectivity index (χ3n) is 5.26. The Kier molecular flexibility index (Phi) is 7.90. The van der Waals surface area contributed by atoms with Crippen molar-refractivity contribution in [1.82, 2.24) is 0 Å². The molecule has 2 amide bonds. The van der Waals surface area contributed by atoms with E-state index in [0.717, 1.165) is 10.6 Å². The van der Waals surface area contributed by atoms with Crippen molar-refractivity contribution in [2.24, 2.45) is 5.92 Å². The summed E-state index contributed by atoms with van der Waals surface area (Å²) in [5.74, 6) is -1.77. The SMILES string of the molecule is CSc1ccc(N2CC(C(=O)OC(C)C(=O)N(CCC#N)c3ccccc3)CC2=O)cc1. The Morgan fingerprint density at radius 2 is 1.91 bits per heavy atom. The van der Waals surface area contributed by atoms with Gasteiger partial charge in [0.05, 0.1) is 18.4 Å². The lowest BCUT2D eigenvalue weighted by Crippen LogP contribution is -2.41. The highest BCUT2D eigenvalue weighted by Crippen LogP contribution is 2.28. The smallest absolute Gasteiger partial charge is 0.312 e. The largest absolute Gasteiger partial charge is 0.452 e. The van der Waals surface area contributed by atoms with E-state index >= 15 is 0 Å². The zero-order chi connectivity index (χ0) is 23.1. The maximum atomic E-state index is 13.0. The molecule has 3 rings (SSSR count). The molecule has 0 N–H and O–H groups in total. The molecule has 0 radical (unpaired) electrons. The van der Waals surface area contributed by atoms with Crippen molar-refractivity contribution in [3.8, 4) is 6.07 Å². The number of anilines is 2. The second kappa shape index (κ2) is 10.8. The van der Waals surface area contributed by atoms with E-state index in [1.807, 2.05) is 42.7 Å². The third kappa shape index (κ3) is 5.48. The number of para-hydroxylation sites is 1. The molecule has 32 heavy (non-hydrogen) atoms. The molecule has 0 saturated carbocycles. The number of benzene rings is 2. The van der Waals surface area contributed by atoms with Gasteiger partial charge in [0, 0.05) is 35.8 Å². The van der Waals surface area contributed by atoms with Crippen LogP contribution >= 0.6 is 11.8 Å². The number of rotatable bonds is 8. The van der Waals surface area contributed by atoms with Crippen molar-refractivity contribution in [1.29, 1.82) is 5.26 Å². The minimum absolute atomic E-state index is 0.0425. The topological polar surface area (TPSA) is 90.7 Å². The van der Waals surface area contributed by atoms with Crippen molar-refractivity contribution in [2.75, 3.05) is 29.1 Å². The fraction of sp³-hybridized carbons (Fsp3) is 0.333. The van der Waals surface area contributed by atoms with Gasteiger partial charge in [0.2, 0.25) is 5.91 Å². The van der Waals surface area contributed by atoms with Crippen LogP contribution in [0.5, 0.6) is 0 Å². The Morgan fingerprint density at radius 3 is 2.53 bits per heavy atom. The zero-order valence-corrected chi connectivity index (χ0v) is 18.9. The van der Waals surface area contributed by atoms with E-state index in [1.165, 1.54) is 11.8 Å². The van der Waals surface area contributed by atoms with Crippen LogP contribution in [-0.2, 0) is 19.1 Å². The normalized spacial score (nSPS) is 16.3. The first-order chi connectivity index (χ1) is 15.4. The predicted molar refractivity (Wildman–Crippen MR) is 123 cm³/mol. The van der Waals surface area contributed by atoms with Crippen LogP contribution in [0.25, 0.3) is 0 Å². The Bertz CT molecular complexity index is 1000. The van der Waals surface area contributed by atoms with Crippen LogP contribution in [0, 0.1) is 17.2 Å². The lowest BCUT2D eigenvalue weighted by molar-refractivity contribution is -0.157. The van der Waals surface area contributed by atoms with E-state index < -0.39 is 23.9 Å². The highest BCUT2D eigenvalue weighted by Gasteiger charge is 2.37. The first kappa shape index (κ1) is 23.4. The fourth-order valence-corrected chi connectivity index (χ4v) is 3.96. The van der Waals surface area contributed by atoms with E-state index in [9.17, 15) is 14.4 Å². The lowest BCUT2D eigenvalue weighted by atomic mass is 10.1. The van der Waals surface area contributed by atoms with Gasteiger partial charge in [0.15, 0.2) is 6.10 Å². The minimum atomic E-state index is -1.04. The van der Waals surface area contributed by atoms with Gasteiger partial charge in [-0.2, -0.15) is 5.26 Å². The maximum absolute atomic E-state index is 13.0. The van der Waals surface area contributed by atoms with Gasteiger partial charge < -0.3 is 14.5 Å². The van der Waals surface area contributed by atoms with Gasteiger partial charge in [0.1, 0.15) is 0 Å². The van der Waals surface area contributed by atoms with Crippen LogP contribution in [0.3, 0.4) is 0 Å². The molecule has 1 aliphatic rings. The summed E-state index contributed by atoms with van der Waals surface area (Å²) in [7, 11) is 0. The molecule has 0 bridgehead atoms. The van der Waals surface area contributed by atoms with Crippen LogP contribution in [0.4, 0.5) is 11.4 Å². The van der Waals surface area contributed by atoms with Crippen molar-refractivity contribution >= 4 is 40.9 Å². The minimum Gasteiger partial charge on any atom is -0.452 e. The summed E-state index contributed by atoms with van der Waals surface area (Å²) in [6.07, 6.45) is 1.14. The van der Waals surface area contributed by atoms with E-state index in [2.05, 4.69) is 0 Å². The number of nitrogens with zero attached hydrogens (tertiary/aromatic N) is 3. The van der Waals surface area contributed by atoms with Crippen LogP contribution in [0.2, 0.25) is 0 Å². The molecule has 1 aliphatic heterocycles. The monoisotopic (exact) mass is 451 g/mol. The molecule has 2 atom stereocenters. The Labute approximate surface area is 191 Å². The number of hydrogen-bond donors (Lipinski definition) is 0. The number of amides is 2. The molecule has 166 valence electrons. The van der Waals surface area contributed by atoms with Gasteiger partial charge in [-0.1, -0.05) is 18.2 Å². The van der Waals surface area contributed by atoms with Crippen LogP contribution in [0.15, 0.2) is 59.5 Å². The second-order valence-corrected chi connectivity index (χ2v) is 8.30. The van der Waals surface area contributed by atoms with Crippen molar-refractivity contribution < 1.29 is 19.1 Å². The average molecular weight is 452 g/mol. The number of hydrogen-bond acceptors (Lipinski definition) is 6. The first-order valence-electron chi connectivity index (χ1n) is 10.3. The summed E-state index contributed by atoms with van der Waals surface area (Å²) in [5, 5.41) is 8.93. The summed E-state index contributed by atoms with van der Waals surface area (Å²) in [4.78, 5) is 42.3.